The van der Waals surface area contributed by atoms with Crippen molar-refractivity contribution in [2.45, 2.75) is 29.5 Å². The lowest BCUT2D eigenvalue weighted by Gasteiger charge is -2.30. The molecule has 2 aromatic rings. The Bertz CT molecular complexity index is 600. The molecule has 0 spiro atoms. The van der Waals surface area contributed by atoms with E-state index in [1.807, 2.05) is 17.9 Å². The number of thioether (sulfide) groups is 1. The molecular weight excluding hydrogens is 290 g/mol. The van der Waals surface area contributed by atoms with Gasteiger partial charge >= 0.3 is 0 Å². The van der Waals surface area contributed by atoms with E-state index in [-0.39, 0.29) is 11.2 Å². The summed E-state index contributed by atoms with van der Waals surface area (Å²) in [6, 6.07) is 8.35. The molecule has 0 unspecified atom stereocenters. The smallest absolute Gasteiger partial charge is 0.236 e. The van der Waals surface area contributed by atoms with Gasteiger partial charge in [-0.25, -0.2) is 0 Å². The van der Waals surface area contributed by atoms with Crippen molar-refractivity contribution >= 4 is 29.0 Å². The van der Waals surface area contributed by atoms with Gasteiger partial charge in [-0.2, -0.15) is 0 Å². The molecule has 0 bridgehead atoms. The molecule has 1 aromatic carbocycles. The van der Waals surface area contributed by atoms with Crippen LogP contribution in [-0.4, -0.2) is 32.8 Å². The molecule has 20 heavy (non-hydrogen) atoms. The van der Waals surface area contributed by atoms with E-state index >= 15 is 0 Å². The summed E-state index contributed by atoms with van der Waals surface area (Å²) in [6.07, 6.45) is 0.943. The summed E-state index contributed by atoms with van der Waals surface area (Å²) in [5, 5.41) is 7.66. The summed E-state index contributed by atoms with van der Waals surface area (Å²) in [5.74, 6) is 0.180. The Morgan fingerprint density at radius 2 is 2.20 bits per heavy atom. The fourth-order valence-corrected chi connectivity index (χ4v) is 4.07. The highest BCUT2D eigenvalue weighted by Gasteiger charge is 2.25. The minimum atomic E-state index is -0.117. The first kappa shape index (κ1) is 13.6. The molecule has 104 valence electrons. The molecule has 2 heterocycles. The third kappa shape index (κ3) is 2.86. The summed E-state index contributed by atoms with van der Waals surface area (Å²) >= 11 is 2.96. The van der Waals surface area contributed by atoms with Crippen molar-refractivity contribution in [1.82, 2.24) is 15.1 Å². The maximum absolute atomic E-state index is 12.5. The molecule has 6 heteroatoms. The van der Waals surface area contributed by atoms with Crippen molar-refractivity contribution in [1.29, 1.82) is 0 Å². The molecule has 1 atom stereocenters. The number of fused-ring (bicyclic) bond motifs is 1. The Morgan fingerprint density at radius 3 is 2.95 bits per heavy atom. The Morgan fingerprint density at radius 1 is 1.40 bits per heavy atom. The number of nitrogens with zero attached hydrogens (tertiary/aromatic N) is 3. The van der Waals surface area contributed by atoms with Crippen molar-refractivity contribution in [3.05, 3.63) is 40.9 Å². The number of aromatic nitrogens is 2. The largest absolute Gasteiger partial charge is 0.337 e. The highest BCUT2D eigenvalue weighted by molar-refractivity contribution is 8.02. The van der Waals surface area contributed by atoms with Crippen LogP contribution in [0.3, 0.4) is 0 Å². The van der Waals surface area contributed by atoms with Crippen LogP contribution in [0.2, 0.25) is 0 Å². The van der Waals surface area contributed by atoms with E-state index in [4.69, 9.17) is 0 Å². The van der Waals surface area contributed by atoms with Gasteiger partial charge in [-0.1, -0.05) is 47.4 Å². The molecule has 4 nitrogen and oxygen atoms in total. The van der Waals surface area contributed by atoms with E-state index in [0.29, 0.717) is 0 Å². The van der Waals surface area contributed by atoms with Crippen LogP contribution in [0.1, 0.15) is 18.1 Å². The summed E-state index contributed by atoms with van der Waals surface area (Å²) in [6.45, 7) is 3.46. The molecule has 0 radical (unpaired) electrons. The number of carbonyl (C=O) groups is 1. The SMILES string of the molecule is C[C@@H](Sc1nncs1)C(=O)N1CCc2ccccc2C1. The van der Waals surface area contributed by atoms with E-state index in [1.54, 1.807) is 5.51 Å². The summed E-state index contributed by atoms with van der Waals surface area (Å²) < 4.78 is 0.850. The Balaban J connectivity index is 1.66. The highest BCUT2D eigenvalue weighted by Crippen LogP contribution is 2.27. The average molecular weight is 305 g/mol. The number of benzene rings is 1. The third-order valence-electron chi connectivity index (χ3n) is 3.41. The molecule has 0 N–H and O–H groups in total. The lowest BCUT2D eigenvalue weighted by atomic mass is 10.00. The van der Waals surface area contributed by atoms with Gasteiger partial charge in [-0.3, -0.25) is 4.79 Å². The first-order valence-electron chi connectivity index (χ1n) is 6.52. The molecule has 0 aliphatic carbocycles. The van der Waals surface area contributed by atoms with E-state index < -0.39 is 0 Å². The van der Waals surface area contributed by atoms with Gasteiger partial charge in [0.1, 0.15) is 5.51 Å². The van der Waals surface area contributed by atoms with Gasteiger partial charge < -0.3 is 4.90 Å². The van der Waals surface area contributed by atoms with Gasteiger partial charge in [-0.15, -0.1) is 10.2 Å². The number of rotatable bonds is 3. The molecule has 0 saturated heterocycles. The highest BCUT2D eigenvalue weighted by atomic mass is 32.2. The van der Waals surface area contributed by atoms with Crippen LogP contribution >= 0.6 is 23.1 Å². The molecule has 1 amide bonds. The second kappa shape index (κ2) is 5.93. The summed E-state index contributed by atoms with van der Waals surface area (Å²) in [7, 11) is 0. The van der Waals surface area contributed by atoms with Gasteiger partial charge in [0.05, 0.1) is 5.25 Å². The van der Waals surface area contributed by atoms with E-state index in [1.165, 1.54) is 34.2 Å². The van der Waals surface area contributed by atoms with Gasteiger partial charge in [0, 0.05) is 13.1 Å². The first-order chi connectivity index (χ1) is 9.74. The van der Waals surface area contributed by atoms with Crippen molar-refractivity contribution < 1.29 is 4.79 Å². The second-order valence-electron chi connectivity index (χ2n) is 4.74. The standard InChI is InChI=1S/C14H15N3OS2/c1-10(20-14-16-15-9-19-14)13(18)17-7-6-11-4-2-3-5-12(11)8-17/h2-5,9-10H,6-8H2,1H3/t10-/m1/s1. The van der Waals surface area contributed by atoms with Crippen molar-refractivity contribution in [2.75, 3.05) is 6.54 Å². The molecule has 0 fully saturated rings. The molecule has 1 aliphatic heterocycles. The molecule has 1 aromatic heterocycles. The van der Waals surface area contributed by atoms with Crippen LogP contribution in [0.15, 0.2) is 34.1 Å². The molecule has 0 saturated carbocycles. The topological polar surface area (TPSA) is 46.1 Å². The van der Waals surface area contributed by atoms with Crippen molar-refractivity contribution in [3.63, 3.8) is 0 Å². The van der Waals surface area contributed by atoms with Crippen molar-refractivity contribution in [3.8, 4) is 0 Å². The van der Waals surface area contributed by atoms with E-state index in [0.717, 1.165) is 23.8 Å². The fourth-order valence-electron chi connectivity index (χ4n) is 2.36. The monoisotopic (exact) mass is 305 g/mol. The van der Waals surface area contributed by atoms with Crippen LogP contribution in [-0.2, 0) is 17.8 Å². The number of hydrogen-bond donors (Lipinski definition) is 0. The van der Waals surface area contributed by atoms with Gasteiger partial charge in [0.25, 0.3) is 0 Å². The number of hydrogen-bond acceptors (Lipinski definition) is 5. The van der Waals surface area contributed by atoms with Crippen LogP contribution < -0.4 is 0 Å². The molecule has 1 aliphatic rings. The van der Waals surface area contributed by atoms with Crippen LogP contribution in [0.5, 0.6) is 0 Å². The Labute approximate surface area is 126 Å². The number of carbonyl (C=O) groups excluding carboxylic acids is 1. The van der Waals surface area contributed by atoms with Crippen LogP contribution in [0.25, 0.3) is 0 Å². The predicted octanol–water partition coefficient (Wildman–Crippen LogP) is 2.60. The fraction of sp³-hybridized carbons (Fsp3) is 0.357. The maximum Gasteiger partial charge on any atom is 0.236 e. The van der Waals surface area contributed by atoms with Crippen LogP contribution in [0.4, 0.5) is 0 Å². The van der Waals surface area contributed by atoms with Crippen molar-refractivity contribution in [2.24, 2.45) is 0 Å². The van der Waals surface area contributed by atoms with E-state index in [2.05, 4.69) is 28.4 Å². The van der Waals surface area contributed by atoms with Crippen LogP contribution in [0, 0.1) is 0 Å². The number of amides is 1. The minimum absolute atomic E-state index is 0.117. The zero-order valence-electron chi connectivity index (χ0n) is 11.2. The summed E-state index contributed by atoms with van der Waals surface area (Å²) in [4.78, 5) is 14.4. The zero-order chi connectivity index (χ0) is 13.9. The normalized spacial score (nSPS) is 15.8. The zero-order valence-corrected chi connectivity index (χ0v) is 12.8. The van der Waals surface area contributed by atoms with E-state index in [9.17, 15) is 4.79 Å². The predicted molar refractivity (Wildman–Crippen MR) is 80.8 cm³/mol. The third-order valence-corrected chi connectivity index (χ3v) is 5.31. The maximum atomic E-state index is 12.5. The minimum Gasteiger partial charge on any atom is -0.337 e. The second-order valence-corrected chi connectivity index (χ2v) is 7.16. The quantitative estimate of drug-likeness (QED) is 0.818. The lowest BCUT2D eigenvalue weighted by Crippen LogP contribution is -2.40. The van der Waals surface area contributed by atoms with Gasteiger partial charge in [0.2, 0.25) is 5.91 Å². The Hall–Kier alpha value is -1.40. The summed E-state index contributed by atoms with van der Waals surface area (Å²) in [5.41, 5.74) is 4.32. The molecule has 3 rings (SSSR count). The first-order valence-corrected chi connectivity index (χ1v) is 8.28. The van der Waals surface area contributed by atoms with Gasteiger partial charge in [-0.05, 0) is 24.5 Å². The van der Waals surface area contributed by atoms with Gasteiger partial charge in [0.15, 0.2) is 4.34 Å². The molecular formula is C14H15N3OS2. The Kier molecular flexibility index (Phi) is 4.03. The lowest BCUT2D eigenvalue weighted by molar-refractivity contribution is -0.131. The average Bonchev–Trinajstić information content (AvgIpc) is 2.99.